The molecule has 6 heteroatoms. The van der Waals surface area contributed by atoms with Gasteiger partial charge in [-0.15, -0.1) is 11.3 Å². The molecule has 0 aliphatic carbocycles. The third-order valence-electron chi connectivity index (χ3n) is 3.63. The summed E-state index contributed by atoms with van der Waals surface area (Å²) in [7, 11) is 0. The number of carbonyl (C=O) groups excluding carboxylic acids is 1. The first-order valence-electron chi connectivity index (χ1n) is 7.11. The molecule has 1 amide bonds. The topological polar surface area (TPSA) is 58.1 Å². The summed E-state index contributed by atoms with van der Waals surface area (Å²) >= 11 is 1.54. The number of anilines is 1. The van der Waals surface area contributed by atoms with Gasteiger partial charge in [0.2, 0.25) is 5.95 Å². The SMILES string of the molecule is Cc1ccc(C(=O)NC2CCN(c3ncccn3)CC2)s1. The van der Waals surface area contributed by atoms with Crippen molar-refractivity contribution in [2.24, 2.45) is 0 Å². The Morgan fingerprint density at radius 1 is 1.29 bits per heavy atom. The first-order valence-corrected chi connectivity index (χ1v) is 7.93. The number of aromatic nitrogens is 2. The van der Waals surface area contributed by atoms with Crippen LogP contribution in [0.1, 0.15) is 27.4 Å². The maximum atomic E-state index is 12.1. The van der Waals surface area contributed by atoms with Gasteiger partial charge in [0.05, 0.1) is 4.88 Å². The van der Waals surface area contributed by atoms with Crippen molar-refractivity contribution in [1.82, 2.24) is 15.3 Å². The summed E-state index contributed by atoms with van der Waals surface area (Å²) in [6.45, 7) is 3.76. The highest BCUT2D eigenvalue weighted by atomic mass is 32.1. The highest BCUT2D eigenvalue weighted by Gasteiger charge is 2.22. The van der Waals surface area contributed by atoms with Crippen molar-refractivity contribution >= 4 is 23.2 Å². The van der Waals surface area contributed by atoms with E-state index in [9.17, 15) is 4.79 Å². The Labute approximate surface area is 128 Å². The second-order valence-corrected chi connectivity index (χ2v) is 6.48. The number of piperidine rings is 1. The molecule has 2 aromatic heterocycles. The van der Waals surface area contributed by atoms with Gasteiger partial charge in [0, 0.05) is 36.4 Å². The Balaban J connectivity index is 1.53. The van der Waals surface area contributed by atoms with E-state index in [-0.39, 0.29) is 11.9 Å². The van der Waals surface area contributed by atoms with Crippen LogP contribution in [0.25, 0.3) is 0 Å². The van der Waals surface area contributed by atoms with Crippen LogP contribution in [0.15, 0.2) is 30.6 Å². The van der Waals surface area contributed by atoms with E-state index in [2.05, 4.69) is 20.2 Å². The van der Waals surface area contributed by atoms with E-state index in [4.69, 9.17) is 0 Å². The summed E-state index contributed by atoms with van der Waals surface area (Å²) < 4.78 is 0. The average Bonchev–Trinajstić information content (AvgIpc) is 2.96. The number of hydrogen-bond acceptors (Lipinski definition) is 5. The fraction of sp³-hybridized carbons (Fsp3) is 0.400. The highest BCUT2D eigenvalue weighted by Crippen LogP contribution is 2.18. The molecule has 1 aliphatic rings. The Bertz CT molecular complexity index is 605. The molecule has 21 heavy (non-hydrogen) atoms. The number of aryl methyl sites for hydroxylation is 1. The zero-order valence-electron chi connectivity index (χ0n) is 12.0. The zero-order valence-corrected chi connectivity index (χ0v) is 12.8. The number of nitrogens with one attached hydrogen (secondary N) is 1. The third-order valence-corrected chi connectivity index (χ3v) is 4.63. The lowest BCUT2D eigenvalue weighted by Gasteiger charge is -2.32. The highest BCUT2D eigenvalue weighted by molar-refractivity contribution is 7.13. The van der Waals surface area contributed by atoms with E-state index >= 15 is 0 Å². The monoisotopic (exact) mass is 302 g/mol. The minimum Gasteiger partial charge on any atom is -0.348 e. The molecule has 0 bridgehead atoms. The predicted molar refractivity (Wildman–Crippen MR) is 83.8 cm³/mol. The van der Waals surface area contributed by atoms with Gasteiger partial charge in [0.15, 0.2) is 0 Å². The Morgan fingerprint density at radius 2 is 2.00 bits per heavy atom. The molecule has 2 aromatic rings. The van der Waals surface area contributed by atoms with Gasteiger partial charge in [-0.2, -0.15) is 0 Å². The summed E-state index contributed by atoms with van der Waals surface area (Å²) in [5.74, 6) is 0.818. The lowest BCUT2D eigenvalue weighted by atomic mass is 10.1. The lowest BCUT2D eigenvalue weighted by molar-refractivity contribution is 0.0935. The molecule has 1 saturated heterocycles. The quantitative estimate of drug-likeness (QED) is 0.945. The lowest BCUT2D eigenvalue weighted by Crippen LogP contribution is -2.45. The van der Waals surface area contributed by atoms with Crippen molar-refractivity contribution in [3.63, 3.8) is 0 Å². The van der Waals surface area contributed by atoms with Gasteiger partial charge in [-0.1, -0.05) is 0 Å². The first-order chi connectivity index (χ1) is 10.2. The van der Waals surface area contributed by atoms with Crippen molar-refractivity contribution in [3.05, 3.63) is 40.3 Å². The van der Waals surface area contributed by atoms with Gasteiger partial charge in [-0.3, -0.25) is 4.79 Å². The number of rotatable bonds is 3. The molecule has 0 atom stereocenters. The Morgan fingerprint density at radius 3 is 2.62 bits per heavy atom. The number of carbonyl (C=O) groups is 1. The Kier molecular flexibility index (Phi) is 4.15. The predicted octanol–water partition coefficient (Wildman–Crippen LogP) is 2.25. The number of amides is 1. The molecule has 0 radical (unpaired) electrons. The van der Waals surface area contributed by atoms with Crippen molar-refractivity contribution < 1.29 is 4.79 Å². The minimum absolute atomic E-state index is 0.0440. The molecule has 110 valence electrons. The van der Waals surface area contributed by atoms with Gasteiger partial charge in [-0.05, 0) is 38.0 Å². The van der Waals surface area contributed by atoms with Gasteiger partial charge >= 0.3 is 0 Å². The number of thiophene rings is 1. The number of nitrogens with zero attached hydrogens (tertiary/aromatic N) is 3. The average molecular weight is 302 g/mol. The zero-order chi connectivity index (χ0) is 14.7. The molecule has 3 heterocycles. The van der Waals surface area contributed by atoms with Crippen molar-refractivity contribution in [2.75, 3.05) is 18.0 Å². The summed E-state index contributed by atoms with van der Waals surface area (Å²) in [6.07, 6.45) is 5.37. The van der Waals surface area contributed by atoms with Crippen LogP contribution in [0.4, 0.5) is 5.95 Å². The molecule has 0 saturated carbocycles. The second-order valence-electron chi connectivity index (χ2n) is 5.19. The van der Waals surface area contributed by atoms with E-state index in [1.54, 1.807) is 12.4 Å². The van der Waals surface area contributed by atoms with Crippen LogP contribution in [-0.2, 0) is 0 Å². The molecule has 3 rings (SSSR count). The molecule has 0 spiro atoms. The summed E-state index contributed by atoms with van der Waals surface area (Å²) in [5.41, 5.74) is 0. The molecular formula is C15H18N4OS. The van der Waals surface area contributed by atoms with E-state index in [1.165, 1.54) is 11.3 Å². The van der Waals surface area contributed by atoms with Gasteiger partial charge in [0.25, 0.3) is 5.91 Å². The number of hydrogen-bond donors (Lipinski definition) is 1. The smallest absolute Gasteiger partial charge is 0.261 e. The maximum Gasteiger partial charge on any atom is 0.261 e. The second kappa shape index (κ2) is 6.22. The fourth-order valence-corrected chi connectivity index (χ4v) is 3.26. The van der Waals surface area contributed by atoms with Crippen LogP contribution in [0.2, 0.25) is 0 Å². The van der Waals surface area contributed by atoms with E-state index in [1.807, 2.05) is 25.1 Å². The minimum atomic E-state index is 0.0440. The summed E-state index contributed by atoms with van der Waals surface area (Å²) in [6, 6.07) is 5.93. The molecule has 1 aliphatic heterocycles. The van der Waals surface area contributed by atoms with E-state index < -0.39 is 0 Å². The molecule has 1 fully saturated rings. The van der Waals surface area contributed by atoms with Crippen molar-refractivity contribution in [2.45, 2.75) is 25.8 Å². The third kappa shape index (κ3) is 3.39. The van der Waals surface area contributed by atoms with Crippen LogP contribution in [-0.4, -0.2) is 35.0 Å². The van der Waals surface area contributed by atoms with Crippen LogP contribution < -0.4 is 10.2 Å². The summed E-state index contributed by atoms with van der Waals surface area (Å²) in [5, 5.41) is 3.12. The van der Waals surface area contributed by atoms with Crippen LogP contribution in [0.3, 0.4) is 0 Å². The molecular weight excluding hydrogens is 284 g/mol. The van der Waals surface area contributed by atoms with Gasteiger partial charge in [-0.25, -0.2) is 9.97 Å². The van der Waals surface area contributed by atoms with Crippen molar-refractivity contribution in [3.8, 4) is 0 Å². The molecule has 0 unspecified atom stereocenters. The normalized spacial score (nSPS) is 16.0. The van der Waals surface area contributed by atoms with Gasteiger partial charge in [0.1, 0.15) is 0 Å². The van der Waals surface area contributed by atoms with Crippen LogP contribution in [0, 0.1) is 6.92 Å². The maximum absolute atomic E-state index is 12.1. The van der Waals surface area contributed by atoms with Crippen LogP contribution in [0.5, 0.6) is 0 Å². The van der Waals surface area contributed by atoms with Crippen LogP contribution >= 0.6 is 11.3 Å². The summed E-state index contributed by atoms with van der Waals surface area (Å²) in [4.78, 5) is 24.8. The standard InChI is InChI=1S/C15H18N4OS/c1-11-3-4-13(21-11)14(20)18-12-5-9-19(10-6-12)15-16-7-2-8-17-15/h2-4,7-8,12H,5-6,9-10H2,1H3,(H,18,20). The van der Waals surface area contributed by atoms with Crippen molar-refractivity contribution in [1.29, 1.82) is 0 Å². The van der Waals surface area contributed by atoms with Gasteiger partial charge < -0.3 is 10.2 Å². The molecule has 0 aromatic carbocycles. The van der Waals surface area contributed by atoms with E-state index in [0.29, 0.717) is 0 Å². The molecule has 1 N–H and O–H groups in total. The largest absolute Gasteiger partial charge is 0.348 e. The molecule has 5 nitrogen and oxygen atoms in total. The van der Waals surface area contributed by atoms with E-state index in [0.717, 1.165) is 41.6 Å². The Hall–Kier alpha value is -1.95. The fourth-order valence-electron chi connectivity index (χ4n) is 2.49. The first kappa shape index (κ1) is 14.0.